The molecule has 1 fully saturated rings. The predicted molar refractivity (Wildman–Crippen MR) is 120 cm³/mol. The van der Waals surface area contributed by atoms with E-state index in [1.54, 1.807) is 0 Å². The molecule has 0 atom stereocenters. The zero-order valence-electron chi connectivity index (χ0n) is 16.9. The lowest BCUT2D eigenvalue weighted by molar-refractivity contribution is 0.0322. The number of carbonyl (C=O) groups is 1. The average Bonchev–Trinajstić information content (AvgIpc) is 3.29. The topological polar surface area (TPSA) is 50.8 Å². The smallest absolute Gasteiger partial charge is 0.262 e. The van der Waals surface area contributed by atoms with Gasteiger partial charge in [-0.1, -0.05) is 42.5 Å². The summed E-state index contributed by atoms with van der Waals surface area (Å²) in [5.74, 6) is 0.776. The van der Waals surface area contributed by atoms with Crippen LogP contribution in [0.15, 0.2) is 66.0 Å². The van der Waals surface area contributed by atoms with Gasteiger partial charge >= 0.3 is 0 Å². The molecule has 1 N–H and O–H groups in total. The molecule has 0 unspecified atom stereocenters. The number of benzene rings is 2. The zero-order chi connectivity index (χ0) is 20.6. The first-order chi connectivity index (χ1) is 14.8. The summed E-state index contributed by atoms with van der Waals surface area (Å²) in [5, 5.41) is 5.00. The molecular weight excluding hydrogens is 396 g/mol. The summed E-state index contributed by atoms with van der Waals surface area (Å²) in [5.41, 5.74) is 3.04. The van der Waals surface area contributed by atoms with Crippen molar-refractivity contribution in [3.8, 4) is 16.9 Å². The summed E-state index contributed by atoms with van der Waals surface area (Å²) in [6.07, 6.45) is 0. The van der Waals surface area contributed by atoms with E-state index >= 15 is 0 Å². The van der Waals surface area contributed by atoms with E-state index in [2.05, 4.69) is 10.2 Å². The van der Waals surface area contributed by atoms with Crippen LogP contribution < -0.4 is 10.1 Å². The lowest BCUT2D eigenvalue weighted by atomic mass is 10.1. The van der Waals surface area contributed by atoms with Crippen LogP contribution in [0.2, 0.25) is 0 Å². The van der Waals surface area contributed by atoms with Crippen molar-refractivity contribution >= 4 is 17.2 Å². The molecule has 0 bridgehead atoms. The number of carbonyl (C=O) groups excluding carboxylic acids is 1. The van der Waals surface area contributed by atoms with Crippen molar-refractivity contribution in [2.45, 2.75) is 6.54 Å². The highest BCUT2D eigenvalue weighted by molar-refractivity contribution is 7.12. The third-order valence-electron chi connectivity index (χ3n) is 5.09. The van der Waals surface area contributed by atoms with Gasteiger partial charge in [-0.15, -0.1) is 11.3 Å². The number of amides is 1. The second-order valence-corrected chi connectivity index (χ2v) is 8.08. The first-order valence-corrected chi connectivity index (χ1v) is 11.1. The number of rotatable bonds is 8. The van der Waals surface area contributed by atoms with Crippen molar-refractivity contribution in [3.05, 3.63) is 76.5 Å². The van der Waals surface area contributed by atoms with Gasteiger partial charge in [-0.25, -0.2) is 0 Å². The fraction of sp³-hybridized carbons (Fsp3) is 0.292. The minimum Gasteiger partial charge on any atom is -0.492 e. The molecule has 5 nitrogen and oxygen atoms in total. The maximum absolute atomic E-state index is 12.8. The molecule has 6 heteroatoms. The molecule has 156 valence electrons. The molecule has 4 rings (SSSR count). The molecule has 2 heterocycles. The average molecular weight is 423 g/mol. The van der Waals surface area contributed by atoms with Gasteiger partial charge in [0.25, 0.3) is 5.91 Å². The number of morpholine rings is 1. The first kappa shape index (κ1) is 20.6. The minimum absolute atomic E-state index is 0.0532. The van der Waals surface area contributed by atoms with Crippen molar-refractivity contribution in [2.75, 3.05) is 39.5 Å². The Morgan fingerprint density at radius 1 is 1.07 bits per heavy atom. The lowest BCUT2D eigenvalue weighted by Crippen LogP contribution is -2.38. The zero-order valence-corrected chi connectivity index (χ0v) is 17.7. The van der Waals surface area contributed by atoms with E-state index in [0.29, 0.717) is 13.2 Å². The Labute approximate surface area is 181 Å². The van der Waals surface area contributed by atoms with Gasteiger partial charge in [0.05, 0.1) is 18.1 Å². The van der Waals surface area contributed by atoms with Gasteiger partial charge < -0.3 is 14.8 Å². The van der Waals surface area contributed by atoms with Crippen molar-refractivity contribution in [3.63, 3.8) is 0 Å². The van der Waals surface area contributed by atoms with Gasteiger partial charge in [0.2, 0.25) is 0 Å². The van der Waals surface area contributed by atoms with E-state index < -0.39 is 0 Å². The van der Waals surface area contributed by atoms with Crippen LogP contribution >= 0.6 is 11.3 Å². The van der Waals surface area contributed by atoms with Gasteiger partial charge in [-0.2, -0.15) is 0 Å². The van der Waals surface area contributed by atoms with Gasteiger partial charge in [0.15, 0.2) is 0 Å². The predicted octanol–water partition coefficient (Wildman–Crippen LogP) is 4.06. The number of thiophene rings is 1. The second kappa shape index (κ2) is 10.4. The number of nitrogens with one attached hydrogen (secondary N) is 1. The summed E-state index contributed by atoms with van der Waals surface area (Å²) in [6, 6.07) is 19.9. The molecule has 1 aliphatic heterocycles. The minimum atomic E-state index is -0.0532. The van der Waals surface area contributed by atoms with Crippen LogP contribution in [0, 0.1) is 0 Å². The summed E-state index contributed by atoms with van der Waals surface area (Å²) in [4.78, 5) is 15.8. The molecule has 0 aliphatic carbocycles. The van der Waals surface area contributed by atoms with Gasteiger partial charge in [0.1, 0.15) is 12.4 Å². The third kappa shape index (κ3) is 5.48. The van der Waals surface area contributed by atoms with Crippen molar-refractivity contribution in [2.24, 2.45) is 0 Å². The number of ether oxygens (including phenoxy) is 2. The molecule has 0 spiro atoms. The molecule has 1 amide bonds. The molecule has 2 aromatic carbocycles. The van der Waals surface area contributed by atoms with Gasteiger partial charge in [-0.3, -0.25) is 9.69 Å². The third-order valence-corrected chi connectivity index (χ3v) is 6.00. The van der Waals surface area contributed by atoms with E-state index in [-0.39, 0.29) is 5.91 Å². The van der Waals surface area contributed by atoms with Crippen LogP contribution in [0.25, 0.3) is 11.1 Å². The maximum Gasteiger partial charge on any atom is 0.262 e. The van der Waals surface area contributed by atoms with Crippen molar-refractivity contribution in [1.29, 1.82) is 0 Å². The number of hydrogen-bond acceptors (Lipinski definition) is 5. The highest BCUT2D eigenvalue weighted by atomic mass is 32.1. The normalized spacial score (nSPS) is 14.4. The SMILES string of the molecule is O=C(NCc1cccc(OCCN2CCOCC2)c1)c1sccc1-c1ccccc1. The van der Waals surface area contributed by atoms with Gasteiger partial charge in [0, 0.05) is 31.7 Å². The van der Waals surface area contributed by atoms with Crippen LogP contribution in [0.3, 0.4) is 0 Å². The van der Waals surface area contributed by atoms with E-state index in [9.17, 15) is 4.79 Å². The number of hydrogen-bond donors (Lipinski definition) is 1. The molecule has 0 radical (unpaired) electrons. The Balaban J connectivity index is 1.30. The Hall–Kier alpha value is -2.67. The van der Waals surface area contributed by atoms with Gasteiger partial charge in [-0.05, 0) is 34.7 Å². The van der Waals surface area contributed by atoms with E-state index in [1.807, 2.05) is 66.0 Å². The largest absolute Gasteiger partial charge is 0.492 e. The molecule has 0 saturated carbocycles. The molecule has 30 heavy (non-hydrogen) atoms. The van der Waals surface area contributed by atoms with Crippen molar-refractivity contribution < 1.29 is 14.3 Å². The lowest BCUT2D eigenvalue weighted by Gasteiger charge is -2.26. The molecule has 1 aromatic heterocycles. The monoisotopic (exact) mass is 422 g/mol. The number of nitrogens with zero attached hydrogens (tertiary/aromatic N) is 1. The Bertz CT molecular complexity index is 952. The van der Waals surface area contributed by atoms with Crippen LogP contribution in [0.4, 0.5) is 0 Å². The summed E-state index contributed by atoms with van der Waals surface area (Å²) in [6.45, 7) is 5.52. The first-order valence-electron chi connectivity index (χ1n) is 10.2. The standard InChI is InChI=1S/C24H26N2O3S/c27-24(23-22(9-16-30-23)20-6-2-1-3-7-20)25-18-19-5-4-8-21(17-19)29-15-12-26-10-13-28-14-11-26/h1-9,16-17H,10-15,18H2,(H,25,27). The second-order valence-electron chi connectivity index (χ2n) is 7.16. The molecule has 1 aliphatic rings. The maximum atomic E-state index is 12.8. The quantitative estimate of drug-likeness (QED) is 0.595. The summed E-state index contributed by atoms with van der Waals surface area (Å²) in [7, 11) is 0. The van der Waals surface area contributed by atoms with Crippen molar-refractivity contribution in [1.82, 2.24) is 10.2 Å². The fourth-order valence-electron chi connectivity index (χ4n) is 3.46. The van der Waals surface area contributed by atoms with Crippen LogP contribution in [0.5, 0.6) is 5.75 Å². The summed E-state index contributed by atoms with van der Waals surface area (Å²) < 4.78 is 11.3. The summed E-state index contributed by atoms with van der Waals surface area (Å²) >= 11 is 1.47. The molecule has 3 aromatic rings. The van der Waals surface area contributed by atoms with E-state index in [0.717, 1.165) is 60.2 Å². The van der Waals surface area contributed by atoms with E-state index in [4.69, 9.17) is 9.47 Å². The van der Waals surface area contributed by atoms with Crippen LogP contribution in [-0.2, 0) is 11.3 Å². The Morgan fingerprint density at radius 2 is 1.90 bits per heavy atom. The Morgan fingerprint density at radius 3 is 2.73 bits per heavy atom. The van der Waals surface area contributed by atoms with Crippen LogP contribution in [-0.4, -0.2) is 50.3 Å². The molecule has 1 saturated heterocycles. The van der Waals surface area contributed by atoms with E-state index in [1.165, 1.54) is 11.3 Å². The highest BCUT2D eigenvalue weighted by Gasteiger charge is 2.14. The van der Waals surface area contributed by atoms with Crippen LogP contribution in [0.1, 0.15) is 15.2 Å². The molecular formula is C24H26N2O3S. The highest BCUT2D eigenvalue weighted by Crippen LogP contribution is 2.28. The fourth-order valence-corrected chi connectivity index (χ4v) is 4.29. The Kier molecular flexibility index (Phi) is 7.13.